The van der Waals surface area contributed by atoms with Crippen molar-refractivity contribution < 1.29 is 4.79 Å². The highest BCUT2D eigenvalue weighted by molar-refractivity contribution is 5.84. The summed E-state index contributed by atoms with van der Waals surface area (Å²) in [6.07, 6.45) is 3.88. The van der Waals surface area contributed by atoms with E-state index in [0.717, 1.165) is 37.7 Å². The van der Waals surface area contributed by atoms with Gasteiger partial charge in [0.1, 0.15) is 5.82 Å². The number of amides is 1. The Morgan fingerprint density at radius 2 is 2.04 bits per heavy atom. The Balaban J connectivity index is 1.79. The van der Waals surface area contributed by atoms with Crippen LogP contribution in [0.5, 0.6) is 0 Å². The summed E-state index contributed by atoms with van der Waals surface area (Å²) in [4.78, 5) is 23.1. The van der Waals surface area contributed by atoms with Gasteiger partial charge in [-0.05, 0) is 45.7 Å². The van der Waals surface area contributed by atoms with Crippen LogP contribution in [0.15, 0.2) is 29.4 Å². The lowest BCUT2D eigenvalue weighted by Gasteiger charge is -2.34. The van der Waals surface area contributed by atoms with E-state index >= 15 is 0 Å². The summed E-state index contributed by atoms with van der Waals surface area (Å²) in [5.41, 5.74) is -0.490. The number of aliphatic imine (C=N–C) groups is 1. The number of hydrogen-bond donors (Lipinski definition) is 3. The van der Waals surface area contributed by atoms with E-state index in [4.69, 9.17) is 0 Å². The number of carbonyl (C=O) groups excluding carboxylic acids is 1. The molecule has 144 valence electrons. The van der Waals surface area contributed by atoms with E-state index in [-0.39, 0.29) is 5.91 Å². The number of piperidine rings is 1. The fourth-order valence-corrected chi connectivity index (χ4v) is 2.97. The van der Waals surface area contributed by atoms with Crippen molar-refractivity contribution in [1.29, 1.82) is 0 Å². The van der Waals surface area contributed by atoms with Crippen molar-refractivity contribution in [1.82, 2.24) is 20.9 Å². The average Bonchev–Trinajstić information content (AvgIpc) is 2.66. The molecule has 1 fully saturated rings. The van der Waals surface area contributed by atoms with Gasteiger partial charge in [0.25, 0.3) is 0 Å². The third kappa shape index (κ3) is 5.61. The van der Waals surface area contributed by atoms with Gasteiger partial charge in [0, 0.05) is 45.5 Å². The lowest BCUT2D eigenvalue weighted by atomic mass is 9.92. The number of nitrogens with zero attached hydrogens (tertiary/aromatic N) is 3. The normalized spacial score (nSPS) is 16.3. The first-order valence-electron chi connectivity index (χ1n) is 9.37. The molecule has 0 unspecified atom stereocenters. The topological polar surface area (TPSA) is 81.6 Å². The summed E-state index contributed by atoms with van der Waals surface area (Å²) in [6, 6.07) is 6.39. The van der Waals surface area contributed by atoms with E-state index in [0.29, 0.717) is 19.1 Å². The van der Waals surface area contributed by atoms with Gasteiger partial charge in [-0.25, -0.2) is 4.98 Å². The number of hydrogen-bond acceptors (Lipinski definition) is 4. The monoisotopic (exact) mass is 360 g/mol. The Bertz CT molecular complexity index is 593. The van der Waals surface area contributed by atoms with Crippen molar-refractivity contribution in [2.75, 3.05) is 38.1 Å². The molecule has 3 N–H and O–H groups in total. The maximum absolute atomic E-state index is 12.1. The zero-order chi connectivity index (χ0) is 19.0. The Morgan fingerprint density at radius 3 is 2.62 bits per heavy atom. The van der Waals surface area contributed by atoms with Crippen LogP contribution in [0.1, 0.15) is 33.6 Å². The van der Waals surface area contributed by atoms with Crippen molar-refractivity contribution in [3.63, 3.8) is 0 Å². The lowest BCUT2D eigenvalue weighted by Crippen LogP contribution is -2.52. The number of guanidine groups is 1. The number of pyridine rings is 1. The van der Waals surface area contributed by atoms with Gasteiger partial charge in [-0.2, -0.15) is 0 Å². The molecule has 1 aromatic heterocycles. The van der Waals surface area contributed by atoms with Crippen LogP contribution in [-0.4, -0.2) is 56.1 Å². The molecule has 26 heavy (non-hydrogen) atoms. The minimum absolute atomic E-state index is 0.0478. The van der Waals surface area contributed by atoms with Crippen LogP contribution in [0.2, 0.25) is 0 Å². The van der Waals surface area contributed by atoms with E-state index in [2.05, 4.69) is 36.9 Å². The fraction of sp³-hybridized carbons (Fsp3) is 0.632. The molecule has 0 atom stereocenters. The van der Waals surface area contributed by atoms with Gasteiger partial charge in [0.05, 0.1) is 5.41 Å². The largest absolute Gasteiger partial charge is 0.356 e. The number of anilines is 1. The van der Waals surface area contributed by atoms with Crippen molar-refractivity contribution in [2.24, 2.45) is 10.4 Å². The standard InChI is InChI=1S/C19H32N6O/c1-5-21-17(26)19(2,3)14-23-18(20-4)24-15-9-12-25(13-10-15)16-8-6-7-11-22-16/h6-8,11,15H,5,9-10,12-14H2,1-4H3,(H,21,26)(H2,20,23,24). The predicted molar refractivity (Wildman–Crippen MR) is 106 cm³/mol. The summed E-state index contributed by atoms with van der Waals surface area (Å²) >= 11 is 0. The molecule has 7 heteroatoms. The third-order valence-electron chi connectivity index (χ3n) is 4.68. The first-order chi connectivity index (χ1) is 12.5. The fourth-order valence-electron chi connectivity index (χ4n) is 2.97. The van der Waals surface area contributed by atoms with Crippen molar-refractivity contribution >= 4 is 17.7 Å². The summed E-state index contributed by atoms with van der Waals surface area (Å²) in [5.74, 6) is 1.84. The zero-order valence-electron chi connectivity index (χ0n) is 16.4. The van der Waals surface area contributed by atoms with E-state index in [1.807, 2.05) is 39.1 Å². The molecule has 1 aromatic rings. The highest BCUT2D eigenvalue weighted by Gasteiger charge is 2.28. The maximum atomic E-state index is 12.1. The maximum Gasteiger partial charge on any atom is 0.227 e. The van der Waals surface area contributed by atoms with Crippen LogP contribution in [0.25, 0.3) is 0 Å². The highest BCUT2D eigenvalue weighted by Crippen LogP contribution is 2.17. The summed E-state index contributed by atoms with van der Waals surface area (Å²) in [7, 11) is 1.76. The molecular formula is C19H32N6O. The number of carbonyl (C=O) groups is 1. The van der Waals surface area contributed by atoms with Gasteiger partial charge in [0.15, 0.2) is 5.96 Å². The molecule has 1 aliphatic heterocycles. The molecule has 2 rings (SSSR count). The second kappa shape index (κ2) is 9.40. The molecule has 7 nitrogen and oxygen atoms in total. The first kappa shape index (κ1) is 20.0. The van der Waals surface area contributed by atoms with Gasteiger partial charge in [-0.15, -0.1) is 0 Å². The Hall–Kier alpha value is -2.31. The quantitative estimate of drug-likeness (QED) is 0.527. The molecule has 1 saturated heterocycles. The summed E-state index contributed by atoms with van der Waals surface area (Å²) < 4.78 is 0. The van der Waals surface area contributed by atoms with Crippen molar-refractivity contribution in [2.45, 2.75) is 39.7 Å². The molecule has 0 aromatic carbocycles. The van der Waals surface area contributed by atoms with E-state index in [1.54, 1.807) is 7.05 Å². The second-order valence-electron chi connectivity index (χ2n) is 7.26. The van der Waals surface area contributed by atoms with Gasteiger partial charge >= 0.3 is 0 Å². The summed E-state index contributed by atoms with van der Waals surface area (Å²) in [6.45, 7) is 8.91. The molecule has 0 radical (unpaired) electrons. The highest BCUT2D eigenvalue weighted by atomic mass is 16.2. The SMILES string of the molecule is CCNC(=O)C(C)(C)CNC(=NC)NC1CCN(c2ccccn2)CC1. The number of rotatable bonds is 6. The molecule has 1 amide bonds. The molecule has 0 aliphatic carbocycles. The van der Waals surface area contributed by atoms with Crippen molar-refractivity contribution in [3.8, 4) is 0 Å². The third-order valence-corrected chi connectivity index (χ3v) is 4.68. The Labute approximate surface area is 156 Å². The molecule has 2 heterocycles. The number of aromatic nitrogens is 1. The molecule has 0 bridgehead atoms. The van der Waals surface area contributed by atoms with E-state index in [1.165, 1.54) is 0 Å². The van der Waals surface area contributed by atoms with Crippen LogP contribution < -0.4 is 20.9 Å². The van der Waals surface area contributed by atoms with E-state index < -0.39 is 5.41 Å². The molecule has 1 aliphatic rings. The van der Waals surface area contributed by atoms with Gasteiger partial charge < -0.3 is 20.9 Å². The Kier molecular flexibility index (Phi) is 7.24. The minimum atomic E-state index is -0.490. The van der Waals surface area contributed by atoms with Crippen LogP contribution in [0, 0.1) is 5.41 Å². The smallest absolute Gasteiger partial charge is 0.227 e. The molecule has 0 spiro atoms. The molecule has 0 saturated carbocycles. The van der Waals surface area contributed by atoms with Gasteiger partial charge in [-0.1, -0.05) is 6.07 Å². The molecular weight excluding hydrogens is 328 g/mol. The van der Waals surface area contributed by atoms with Crippen LogP contribution in [-0.2, 0) is 4.79 Å². The minimum Gasteiger partial charge on any atom is -0.356 e. The van der Waals surface area contributed by atoms with Gasteiger partial charge in [0.2, 0.25) is 5.91 Å². The summed E-state index contributed by atoms with van der Waals surface area (Å²) in [5, 5.41) is 9.65. The van der Waals surface area contributed by atoms with Crippen LogP contribution in [0.4, 0.5) is 5.82 Å². The number of nitrogens with one attached hydrogen (secondary N) is 3. The van der Waals surface area contributed by atoms with Gasteiger partial charge in [-0.3, -0.25) is 9.79 Å². The predicted octanol–water partition coefficient (Wildman–Crippen LogP) is 1.38. The Morgan fingerprint density at radius 1 is 1.31 bits per heavy atom. The lowest BCUT2D eigenvalue weighted by molar-refractivity contribution is -0.128. The average molecular weight is 361 g/mol. The second-order valence-corrected chi connectivity index (χ2v) is 7.26. The first-order valence-corrected chi connectivity index (χ1v) is 9.37. The van der Waals surface area contributed by atoms with Crippen molar-refractivity contribution in [3.05, 3.63) is 24.4 Å². The van der Waals surface area contributed by atoms with Crippen LogP contribution >= 0.6 is 0 Å². The van der Waals surface area contributed by atoms with E-state index in [9.17, 15) is 4.79 Å². The zero-order valence-corrected chi connectivity index (χ0v) is 16.4. The van der Waals surface area contributed by atoms with Crippen LogP contribution in [0.3, 0.4) is 0 Å².